The third-order valence-electron chi connectivity index (χ3n) is 6.21. The number of nitrogens with one attached hydrogen (secondary N) is 1. The molecule has 156 valence electrons. The molecular weight excluding hydrogens is 382 g/mol. The maximum absolute atomic E-state index is 13.4. The molecule has 3 aromatic rings. The number of fused-ring (bicyclic) bond motifs is 1. The van der Waals surface area contributed by atoms with E-state index in [2.05, 4.69) is 20.1 Å². The molecule has 1 aliphatic carbocycles. The highest BCUT2D eigenvalue weighted by atomic mass is 16.5. The van der Waals surface area contributed by atoms with Gasteiger partial charge in [0.2, 0.25) is 17.6 Å². The number of amides is 1. The van der Waals surface area contributed by atoms with Crippen LogP contribution in [0.4, 0.5) is 0 Å². The molecule has 0 radical (unpaired) electrons. The fourth-order valence-corrected chi connectivity index (χ4v) is 4.50. The van der Waals surface area contributed by atoms with Gasteiger partial charge < -0.3 is 19.1 Å². The largest absolute Gasteiger partial charge is 0.497 e. The Morgan fingerprint density at radius 1 is 1.20 bits per heavy atom. The number of hydrogen-bond acceptors (Lipinski definition) is 6. The fraction of sp³-hybridized carbons (Fsp3) is 0.455. The van der Waals surface area contributed by atoms with E-state index in [9.17, 15) is 4.79 Å². The van der Waals surface area contributed by atoms with Crippen molar-refractivity contribution < 1.29 is 14.1 Å². The number of aromatic amines is 1. The van der Waals surface area contributed by atoms with Gasteiger partial charge in [0.15, 0.2) is 0 Å². The summed E-state index contributed by atoms with van der Waals surface area (Å²) in [7, 11) is 1.63. The molecule has 1 N–H and O–H groups in total. The zero-order valence-corrected chi connectivity index (χ0v) is 17.0. The van der Waals surface area contributed by atoms with E-state index in [1.807, 2.05) is 29.2 Å². The van der Waals surface area contributed by atoms with Gasteiger partial charge in [-0.3, -0.25) is 4.79 Å². The lowest BCUT2D eigenvalue weighted by Gasteiger charge is -2.36. The molecule has 2 aromatic heterocycles. The second kappa shape index (κ2) is 7.93. The van der Waals surface area contributed by atoms with Crippen LogP contribution >= 0.6 is 0 Å². The van der Waals surface area contributed by atoms with Gasteiger partial charge in [-0.05, 0) is 37.1 Å². The quantitative estimate of drug-likeness (QED) is 0.709. The molecule has 1 unspecified atom stereocenters. The van der Waals surface area contributed by atoms with E-state index in [1.54, 1.807) is 13.4 Å². The molecule has 0 bridgehead atoms. The number of carbonyl (C=O) groups is 1. The molecule has 5 rings (SSSR count). The molecule has 2 aliphatic rings. The van der Waals surface area contributed by atoms with Gasteiger partial charge in [0.05, 0.1) is 31.4 Å². The molecule has 8 nitrogen and oxygen atoms in total. The maximum Gasteiger partial charge on any atom is 0.250 e. The molecule has 1 amide bonds. The molecule has 0 saturated heterocycles. The molecule has 1 aromatic carbocycles. The van der Waals surface area contributed by atoms with Crippen LogP contribution in [0.2, 0.25) is 0 Å². The predicted molar refractivity (Wildman–Crippen MR) is 108 cm³/mol. The number of aromatic nitrogens is 4. The smallest absolute Gasteiger partial charge is 0.250 e. The number of methoxy groups -OCH3 is 1. The topological polar surface area (TPSA) is 97.1 Å². The van der Waals surface area contributed by atoms with Crippen LogP contribution in [0, 0.1) is 5.92 Å². The zero-order valence-electron chi connectivity index (χ0n) is 17.0. The summed E-state index contributed by atoms with van der Waals surface area (Å²) in [5.74, 6) is 1.99. The lowest BCUT2D eigenvalue weighted by molar-refractivity contribution is -0.141. The van der Waals surface area contributed by atoms with Crippen LogP contribution in [0.25, 0.3) is 11.4 Å². The molecule has 30 heavy (non-hydrogen) atoms. The summed E-state index contributed by atoms with van der Waals surface area (Å²) in [5.41, 5.74) is 2.79. The molecule has 3 heterocycles. The van der Waals surface area contributed by atoms with E-state index in [4.69, 9.17) is 9.26 Å². The summed E-state index contributed by atoms with van der Waals surface area (Å²) in [6, 6.07) is 7.22. The first kappa shape index (κ1) is 18.8. The number of ether oxygens (including phenoxy) is 1. The van der Waals surface area contributed by atoms with Crippen LogP contribution in [-0.4, -0.2) is 38.0 Å². The second-order valence-corrected chi connectivity index (χ2v) is 8.03. The first-order chi connectivity index (χ1) is 14.7. The summed E-state index contributed by atoms with van der Waals surface area (Å²) >= 11 is 0. The molecule has 1 fully saturated rings. The molecule has 1 saturated carbocycles. The number of imidazole rings is 1. The van der Waals surface area contributed by atoms with Gasteiger partial charge in [-0.25, -0.2) is 4.98 Å². The number of H-pyrrole nitrogens is 1. The third-order valence-corrected chi connectivity index (χ3v) is 6.21. The Morgan fingerprint density at radius 2 is 2.00 bits per heavy atom. The Labute approximate surface area is 174 Å². The number of hydrogen-bond donors (Lipinski definition) is 1. The van der Waals surface area contributed by atoms with Crippen LogP contribution in [0.3, 0.4) is 0 Å². The van der Waals surface area contributed by atoms with E-state index in [0.29, 0.717) is 24.7 Å². The van der Waals surface area contributed by atoms with Crippen molar-refractivity contribution in [2.75, 3.05) is 7.11 Å². The van der Waals surface area contributed by atoms with E-state index < -0.39 is 0 Å². The molecule has 1 aliphatic heterocycles. The highest BCUT2D eigenvalue weighted by molar-refractivity contribution is 5.79. The lowest BCUT2D eigenvalue weighted by Crippen LogP contribution is -2.42. The average Bonchev–Trinajstić information content (AvgIpc) is 3.47. The number of carbonyl (C=O) groups excluding carboxylic acids is 1. The van der Waals surface area contributed by atoms with Gasteiger partial charge in [-0.2, -0.15) is 4.98 Å². The van der Waals surface area contributed by atoms with E-state index in [1.165, 1.54) is 6.42 Å². The highest BCUT2D eigenvalue weighted by Gasteiger charge is 2.38. The minimum absolute atomic E-state index is 0.0784. The summed E-state index contributed by atoms with van der Waals surface area (Å²) in [6.07, 6.45) is 7.62. The van der Waals surface area contributed by atoms with Gasteiger partial charge in [-0.15, -0.1) is 0 Å². The van der Waals surface area contributed by atoms with Gasteiger partial charge in [0.1, 0.15) is 11.8 Å². The van der Waals surface area contributed by atoms with Crippen molar-refractivity contribution in [2.45, 2.75) is 51.1 Å². The lowest BCUT2D eigenvalue weighted by atomic mass is 9.87. The molecule has 0 spiro atoms. The van der Waals surface area contributed by atoms with Crippen molar-refractivity contribution >= 4 is 5.91 Å². The monoisotopic (exact) mass is 407 g/mol. The number of nitrogens with zero attached hydrogens (tertiary/aromatic N) is 4. The third kappa shape index (κ3) is 3.46. The van der Waals surface area contributed by atoms with Crippen molar-refractivity contribution in [1.82, 2.24) is 25.0 Å². The Kier molecular flexibility index (Phi) is 4.98. The van der Waals surface area contributed by atoms with E-state index in [0.717, 1.165) is 48.4 Å². The summed E-state index contributed by atoms with van der Waals surface area (Å²) < 4.78 is 10.9. The molecule has 8 heteroatoms. The standard InChI is InChI=1S/C22H25N5O3/c1-29-16-9-7-14(8-10-16)20-25-21(30-26-20)19-11-17-18(24-13-23-17)12-27(19)22(28)15-5-3-2-4-6-15/h7-10,13,15,19H,2-6,11-12H2,1H3,(H,23,24). The van der Waals surface area contributed by atoms with Crippen LogP contribution in [0.1, 0.15) is 55.4 Å². The zero-order chi connectivity index (χ0) is 20.5. The van der Waals surface area contributed by atoms with E-state index >= 15 is 0 Å². The van der Waals surface area contributed by atoms with Crippen molar-refractivity contribution in [1.29, 1.82) is 0 Å². The van der Waals surface area contributed by atoms with Crippen molar-refractivity contribution in [3.05, 3.63) is 47.9 Å². The minimum atomic E-state index is -0.297. The Morgan fingerprint density at radius 3 is 2.77 bits per heavy atom. The summed E-state index contributed by atoms with van der Waals surface area (Å²) in [6.45, 7) is 0.496. The van der Waals surface area contributed by atoms with Crippen LogP contribution in [-0.2, 0) is 17.8 Å². The summed E-state index contributed by atoms with van der Waals surface area (Å²) in [4.78, 5) is 27.6. The van der Waals surface area contributed by atoms with Gasteiger partial charge in [-0.1, -0.05) is 24.4 Å². The minimum Gasteiger partial charge on any atom is -0.497 e. The van der Waals surface area contributed by atoms with Crippen LogP contribution in [0.5, 0.6) is 5.75 Å². The van der Waals surface area contributed by atoms with Crippen molar-refractivity contribution in [2.24, 2.45) is 5.92 Å². The van der Waals surface area contributed by atoms with Crippen LogP contribution < -0.4 is 4.74 Å². The number of rotatable bonds is 4. The Hall–Kier alpha value is -3.16. The fourth-order valence-electron chi connectivity index (χ4n) is 4.50. The first-order valence-electron chi connectivity index (χ1n) is 10.5. The molecular formula is C22H25N5O3. The second-order valence-electron chi connectivity index (χ2n) is 8.03. The number of benzene rings is 1. The van der Waals surface area contributed by atoms with Crippen molar-refractivity contribution in [3.63, 3.8) is 0 Å². The normalized spacial score (nSPS) is 19.5. The average molecular weight is 407 g/mol. The summed E-state index contributed by atoms with van der Waals surface area (Å²) in [5, 5.41) is 4.17. The Bertz CT molecular complexity index is 1020. The predicted octanol–water partition coefficient (Wildman–Crippen LogP) is 3.67. The molecule has 1 atom stereocenters. The van der Waals surface area contributed by atoms with Crippen LogP contribution in [0.15, 0.2) is 35.1 Å². The maximum atomic E-state index is 13.4. The van der Waals surface area contributed by atoms with E-state index in [-0.39, 0.29) is 17.9 Å². The first-order valence-corrected chi connectivity index (χ1v) is 10.5. The Balaban J connectivity index is 1.44. The highest BCUT2D eigenvalue weighted by Crippen LogP contribution is 2.35. The van der Waals surface area contributed by atoms with Gasteiger partial charge >= 0.3 is 0 Å². The van der Waals surface area contributed by atoms with Gasteiger partial charge in [0, 0.05) is 17.9 Å². The van der Waals surface area contributed by atoms with Crippen molar-refractivity contribution in [3.8, 4) is 17.1 Å². The van der Waals surface area contributed by atoms with Gasteiger partial charge in [0.25, 0.3) is 0 Å². The SMILES string of the molecule is COc1ccc(-c2noc(C3Cc4nc[nH]c4CN3C(=O)C3CCCCC3)n2)cc1.